The van der Waals surface area contributed by atoms with Crippen molar-refractivity contribution >= 4 is 29.9 Å². The third-order valence-electron chi connectivity index (χ3n) is 4.41. The molecule has 2 aromatic rings. The van der Waals surface area contributed by atoms with Gasteiger partial charge in [0.05, 0.1) is 13.2 Å². The molecule has 0 bridgehead atoms. The van der Waals surface area contributed by atoms with E-state index in [1.54, 1.807) is 14.2 Å². The van der Waals surface area contributed by atoms with Crippen LogP contribution in [-0.4, -0.2) is 45.7 Å². The van der Waals surface area contributed by atoms with Crippen LogP contribution >= 0.6 is 24.0 Å². The van der Waals surface area contributed by atoms with Crippen LogP contribution in [-0.2, 0) is 6.54 Å². The van der Waals surface area contributed by atoms with Gasteiger partial charge < -0.3 is 20.3 Å². The van der Waals surface area contributed by atoms with Gasteiger partial charge in [-0.15, -0.1) is 24.0 Å². The molecule has 2 rings (SSSR count). The summed E-state index contributed by atoms with van der Waals surface area (Å²) in [6.07, 6.45) is 0. The van der Waals surface area contributed by atoms with E-state index in [2.05, 4.69) is 65.8 Å². The summed E-state index contributed by atoms with van der Waals surface area (Å²) in [5.41, 5.74) is 3.66. The van der Waals surface area contributed by atoms with Crippen LogP contribution < -0.4 is 15.4 Å². The van der Waals surface area contributed by atoms with E-state index in [0.717, 1.165) is 23.8 Å². The highest BCUT2D eigenvalue weighted by atomic mass is 127. The molecule has 0 amide bonds. The number of guanidine groups is 1. The first-order valence-electron chi connectivity index (χ1n) is 8.84. The number of hydrogen-bond donors (Lipinski definition) is 2. The fourth-order valence-electron chi connectivity index (χ4n) is 2.83. The summed E-state index contributed by atoms with van der Waals surface area (Å²) < 4.78 is 5.40. The summed E-state index contributed by atoms with van der Waals surface area (Å²) in [7, 11) is 7.66. The topological polar surface area (TPSA) is 48.9 Å². The predicted octanol–water partition coefficient (Wildman–Crippen LogP) is 3.59. The molecule has 2 N–H and O–H groups in total. The average Bonchev–Trinajstić information content (AvgIpc) is 2.65. The lowest BCUT2D eigenvalue weighted by Crippen LogP contribution is -2.41. The van der Waals surface area contributed by atoms with Gasteiger partial charge in [-0.05, 0) is 32.6 Å². The summed E-state index contributed by atoms with van der Waals surface area (Å²) in [4.78, 5) is 6.55. The van der Waals surface area contributed by atoms with Gasteiger partial charge in [0.15, 0.2) is 5.96 Å². The number of hydrogen-bond acceptors (Lipinski definition) is 3. The monoisotopic (exact) mass is 482 g/mol. The third-order valence-corrected chi connectivity index (χ3v) is 4.41. The van der Waals surface area contributed by atoms with Crippen molar-refractivity contribution in [1.82, 2.24) is 15.5 Å². The molecule has 1 unspecified atom stereocenters. The number of para-hydroxylation sites is 1. The molecule has 0 saturated carbocycles. The van der Waals surface area contributed by atoms with Gasteiger partial charge in [-0.2, -0.15) is 0 Å². The first-order valence-corrected chi connectivity index (χ1v) is 8.84. The number of methoxy groups -OCH3 is 1. The van der Waals surface area contributed by atoms with Crippen molar-refractivity contribution in [2.45, 2.75) is 19.5 Å². The van der Waals surface area contributed by atoms with Crippen LogP contribution in [0.3, 0.4) is 0 Å². The second-order valence-electron chi connectivity index (χ2n) is 6.51. The van der Waals surface area contributed by atoms with E-state index in [1.807, 2.05) is 24.3 Å². The van der Waals surface area contributed by atoms with E-state index in [4.69, 9.17) is 4.74 Å². The molecule has 148 valence electrons. The summed E-state index contributed by atoms with van der Waals surface area (Å²) in [6, 6.07) is 16.9. The highest BCUT2D eigenvalue weighted by molar-refractivity contribution is 14.0. The average molecular weight is 482 g/mol. The Morgan fingerprint density at radius 3 is 2.33 bits per heavy atom. The second kappa shape index (κ2) is 11.8. The van der Waals surface area contributed by atoms with E-state index in [-0.39, 0.29) is 30.0 Å². The van der Waals surface area contributed by atoms with E-state index in [1.165, 1.54) is 11.1 Å². The molecule has 0 fully saturated rings. The zero-order valence-electron chi connectivity index (χ0n) is 16.8. The largest absolute Gasteiger partial charge is 0.496 e. The van der Waals surface area contributed by atoms with Crippen molar-refractivity contribution < 1.29 is 4.74 Å². The van der Waals surface area contributed by atoms with Crippen molar-refractivity contribution in [3.63, 3.8) is 0 Å². The van der Waals surface area contributed by atoms with Crippen molar-refractivity contribution in [3.05, 3.63) is 65.2 Å². The molecule has 0 aromatic heterocycles. The Morgan fingerprint density at radius 2 is 1.74 bits per heavy atom. The van der Waals surface area contributed by atoms with E-state index in [0.29, 0.717) is 6.54 Å². The molecular weight excluding hydrogens is 451 g/mol. The molecule has 0 heterocycles. The van der Waals surface area contributed by atoms with Gasteiger partial charge in [0, 0.05) is 25.7 Å². The SMILES string of the molecule is CN=C(NCc1ccccc1OC)NCC(c1ccc(C)cc1)N(C)C.I. The molecule has 0 saturated heterocycles. The normalized spacial score (nSPS) is 12.3. The van der Waals surface area contributed by atoms with E-state index < -0.39 is 0 Å². The van der Waals surface area contributed by atoms with E-state index >= 15 is 0 Å². The number of halogens is 1. The molecule has 0 aliphatic carbocycles. The van der Waals surface area contributed by atoms with Crippen LogP contribution in [0.15, 0.2) is 53.5 Å². The Morgan fingerprint density at radius 1 is 1.07 bits per heavy atom. The van der Waals surface area contributed by atoms with E-state index in [9.17, 15) is 0 Å². The maximum absolute atomic E-state index is 5.40. The Hall–Kier alpha value is -1.80. The Labute approximate surface area is 180 Å². The first-order chi connectivity index (χ1) is 12.5. The third kappa shape index (κ3) is 7.03. The Bertz CT molecular complexity index is 716. The van der Waals surface area contributed by atoms with Gasteiger partial charge >= 0.3 is 0 Å². The quantitative estimate of drug-likeness (QED) is 0.360. The summed E-state index contributed by atoms with van der Waals surface area (Å²) in [5, 5.41) is 6.78. The molecule has 27 heavy (non-hydrogen) atoms. The molecule has 0 aliphatic heterocycles. The van der Waals surface area contributed by atoms with Crippen LogP contribution in [0.1, 0.15) is 22.7 Å². The minimum atomic E-state index is 0. The molecular formula is C21H31IN4O. The summed E-state index contributed by atoms with van der Waals surface area (Å²) in [6.45, 7) is 3.53. The lowest BCUT2D eigenvalue weighted by molar-refractivity contribution is 0.298. The lowest BCUT2D eigenvalue weighted by Gasteiger charge is -2.26. The smallest absolute Gasteiger partial charge is 0.191 e. The molecule has 0 spiro atoms. The summed E-state index contributed by atoms with van der Waals surface area (Å²) in [5.74, 6) is 1.65. The van der Waals surface area contributed by atoms with Crippen molar-refractivity contribution in [2.24, 2.45) is 4.99 Å². The number of aliphatic imine (C=N–C) groups is 1. The Kier molecular flexibility index (Phi) is 10.2. The minimum Gasteiger partial charge on any atom is -0.496 e. The molecule has 0 aliphatic rings. The van der Waals surface area contributed by atoms with Gasteiger partial charge in [-0.25, -0.2) is 0 Å². The lowest BCUT2D eigenvalue weighted by atomic mass is 10.0. The first kappa shape index (κ1) is 23.2. The fraction of sp³-hybridized carbons (Fsp3) is 0.381. The number of rotatable bonds is 7. The number of benzene rings is 2. The predicted molar refractivity (Wildman–Crippen MR) is 124 cm³/mol. The van der Waals surface area contributed by atoms with Gasteiger partial charge in [0.2, 0.25) is 0 Å². The molecule has 1 atom stereocenters. The maximum Gasteiger partial charge on any atom is 0.191 e. The Balaban J connectivity index is 0.00000364. The highest BCUT2D eigenvalue weighted by Crippen LogP contribution is 2.18. The van der Waals surface area contributed by atoms with Gasteiger partial charge in [-0.1, -0.05) is 48.0 Å². The maximum atomic E-state index is 5.40. The van der Waals surface area contributed by atoms with Crippen LogP contribution in [0.25, 0.3) is 0 Å². The highest BCUT2D eigenvalue weighted by Gasteiger charge is 2.14. The molecule has 6 heteroatoms. The minimum absolute atomic E-state index is 0. The number of likely N-dealkylation sites (N-methyl/N-ethyl adjacent to an activating group) is 1. The van der Waals surface area contributed by atoms with Crippen molar-refractivity contribution in [2.75, 3.05) is 34.8 Å². The van der Waals surface area contributed by atoms with Gasteiger partial charge in [0.25, 0.3) is 0 Å². The fourth-order valence-corrected chi connectivity index (χ4v) is 2.83. The number of nitrogens with one attached hydrogen (secondary N) is 2. The van der Waals surface area contributed by atoms with Crippen molar-refractivity contribution in [3.8, 4) is 5.75 Å². The number of aryl methyl sites for hydroxylation is 1. The molecule has 2 aromatic carbocycles. The van der Waals surface area contributed by atoms with Crippen molar-refractivity contribution in [1.29, 1.82) is 0 Å². The van der Waals surface area contributed by atoms with Crippen LogP contribution in [0.5, 0.6) is 5.75 Å². The van der Waals surface area contributed by atoms with Gasteiger partial charge in [-0.3, -0.25) is 4.99 Å². The zero-order chi connectivity index (χ0) is 18.9. The number of ether oxygens (including phenoxy) is 1. The standard InChI is InChI=1S/C21H30N4O.HI/c1-16-10-12-17(13-11-16)19(25(3)4)15-24-21(22-2)23-14-18-8-6-7-9-20(18)26-5;/h6-13,19H,14-15H2,1-5H3,(H2,22,23,24);1H. The summed E-state index contributed by atoms with van der Waals surface area (Å²) >= 11 is 0. The van der Waals surface area contributed by atoms with Crippen LogP contribution in [0.2, 0.25) is 0 Å². The second-order valence-corrected chi connectivity index (χ2v) is 6.51. The molecule has 5 nitrogen and oxygen atoms in total. The van der Waals surface area contributed by atoms with Gasteiger partial charge in [0.1, 0.15) is 5.75 Å². The van der Waals surface area contributed by atoms with Crippen LogP contribution in [0.4, 0.5) is 0 Å². The van der Waals surface area contributed by atoms with Crippen LogP contribution in [0, 0.1) is 6.92 Å². The zero-order valence-corrected chi connectivity index (χ0v) is 19.2. The number of nitrogens with zero attached hydrogens (tertiary/aromatic N) is 2. The molecule has 0 radical (unpaired) electrons.